The Hall–Kier alpha value is -1.25. The first-order chi connectivity index (χ1) is 10.5. The van der Waals surface area contributed by atoms with Crippen LogP contribution in [-0.2, 0) is 4.79 Å². The van der Waals surface area contributed by atoms with Crippen molar-refractivity contribution in [2.45, 2.75) is 30.6 Å². The maximum Gasteiger partial charge on any atom is 0.230 e. The van der Waals surface area contributed by atoms with Gasteiger partial charge in [0.05, 0.1) is 11.4 Å². The Morgan fingerprint density at radius 2 is 2.18 bits per heavy atom. The predicted octanol–water partition coefficient (Wildman–Crippen LogP) is 3.81. The third-order valence-corrected chi connectivity index (χ3v) is 5.31. The molecule has 2 aromatic rings. The summed E-state index contributed by atoms with van der Waals surface area (Å²) < 4.78 is 15.8. The number of benzene rings is 1. The molecular formula is C14H16FN3OS3. The van der Waals surface area contributed by atoms with Crippen LogP contribution < -0.4 is 5.32 Å². The summed E-state index contributed by atoms with van der Waals surface area (Å²) in [6.45, 7) is 3.99. The van der Waals surface area contributed by atoms with Crippen molar-refractivity contribution in [1.82, 2.24) is 15.1 Å². The van der Waals surface area contributed by atoms with Crippen LogP contribution in [-0.4, -0.2) is 27.5 Å². The van der Waals surface area contributed by atoms with Gasteiger partial charge in [-0.1, -0.05) is 30.0 Å². The minimum absolute atomic E-state index is 0.0196. The molecule has 0 aliphatic rings. The number of halogens is 1. The Kier molecular flexibility index (Phi) is 6.10. The van der Waals surface area contributed by atoms with Crippen LogP contribution in [0.4, 0.5) is 4.39 Å². The smallest absolute Gasteiger partial charge is 0.230 e. The number of thioether (sulfide) groups is 1. The molecule has 0 saturated heterocycles. The highest BCUT2D eigenvalue weighted by atomic mass is 32.2. The highest BCUT2D eigenvalue weighted by Crippen LogP contribution is 2.24. The lowest BCUT2D eigenvalue weighted by molar-refractivity contribution is -0.119. The Morgan fingerprint density at radius 1 is 1.50 bits per heavy atom. The number of aromatic nitrogens is 2. The van der Waals surface area contributed by atoms with Gasteiger partial charge in [0.15, 0.2) is 8.29 Å². The van der Waals surface area contributed by atoms with E-state index in [1.165, 1.54) is 35.2 Å². The van der Waals surface area contributed by atoms with Gasteiger partial charge >= 0.3 is 0 Å². The molecule has 0 unspecified atom stereocenters. The lowest BCUT2D eigenvalue weighted by Crippen LogP contribution is -2.33. The number of carbonyl (C=O) groups is 1. The molecule has 0 radical (unpaired) electrons. The van der Waals surface area contributed by atoms with Gasteiger partial charge in [-0.25, -0.2) is 9.07 Å². The van der Waals surface area contributed by atoms with Gasteiger partial charge in [-0.15, -0.1) is 5.10 Å². The third kappa shape index (κ3) is 4.62. The second-order valence-electron chi connectivity index (χ2n) is 4.69. The van der Waals surface area contributed by atoms with Crippen molar-refractivity contribution in [1.29, 1.82) is 0 Å². The van der Waals surface area contributed by atoms with Gasteiger partial charge in [-0.05, 0) is 49.8 Å². The van der Waals surface area contributed by atoms with E-state index in [9.17, 15) is 9.18 Å². The number of hydrogen-bond donors (Lipinski definition) is 1. The summed E-state index contributed by atoms with van der Waals surface area (Å²) in [5, 5.41) is 7.27. The summed E-state index contributed by atoms with van der Waals surface area (Å²) in [7, 11) is 0. The minimum atomic E-state index is -0.304. The van der Waals surface area contributed by atoms with Crippen LogP contribution in [0.25, 0.3) is 5.69 Å². The number of rotatable bonds is 6. The lowest BCUT2D eigenvalue weighted by atomic mass is 10.3. The molecule has 4 nitrogen and oxygen atoms in total. The maximum absolute atomic E-state index is 12.9. The SMILES string of the molecule is CC[C@@H](C)NC(=O)CSc1nn(-c2ccc(F)cc2)c(=S)s1. The molecule has 1 heterocycles. The van der Waals surface area contributed by atoms with Crippen LogP contribution in [0.5, 0.6) is 0 Å². The van der Waals surface area contributed by atoms with Gasteiger partial charge in [0.25, 0.3) is 0 Å². The van der Waals surface area contributed by atoms with Crippen LogP contribution >= 0.6 is 35.3 Å². The van der Waals surface area contributed by atoms with Crippen molar-refractivity contribution in [2.75, 3.05) is 5.75 Å². The fraction of sp³-hybridized carbons (Fsp3) is 0.357. The molecule has 1 aromatic heterocycles. The van der Waals surface area contributed by atoms with Crippen molar-refractivity contribution < 1.29 is 9.18 Å². The molecule has 1 amide bonds. The van der Waals surface area contributed by atoms with Crippen LogP contribution in [0, 0.1) is 9.77 Å². The quantitative estimate of drug-likeness (QED) is 0.631. The molecule has 0 bridgehead atoms. The zero-order valence-electron chi connectivity index (χ0n) is 12.2. The molecular weight excluding hydrogens is 341 g/mol. The summed E-state index contributed by atoms with van der Waals surface area (Å²) in [4.78, 5) is 11.8. The number of nitrogens with zero attached hydrogens (tertiary/aromatic N) is 2. The highest BCUT2D eigenvalue weighted by molar-refractivity contribution is 8.01. The summed E-state index contributed by atoms with van der Waals surface area (Å²) in [6, 6.07) is 6.14. The van der Waals surface area contributed by atoms with Gasteiger partial charge in [-0.2, -0.15) is 0 Å². The van der Waals surface area contributed by atoms with Crippen molar-refractivity contribution in [3.8, 4) is 5.69 Å². The Morgan fingerprint density at radius 3 is 2.82 bits per heavy atom. The minimum Gasteiger partial charge on any atom is -0.353 e. The second kappa shape index (κ2) is 7.85. The summed E-state index contributed by atoms with van der Waals surface area (Å²) in [5.74, 6) is -0.0219. The monoisotopic (exact) mass is 357 g/mol. The number of hydrogen-bond acceptors (Lipinski definition) is 5. The van der Waals surface area contributed by atoms with Gasteiger partial charge in [0, 0.05) is 6.04 Å². The Balaban J connectivity index is 2.02. The summed E-state index contributed by atoms with van der Waals surface area (Å²) in [6.07, 6.45) is 0.897. The summed E-state index contributed by atoms with van der Waals surface area (Å²) in [5.41, 5.74) is 0.707. The molecule has 0 fully saturated rings. The van der Waals surface area contributed by atoms with E-state index >= 15 is 0 Å². The molecule has 118 valence electrons. The molecule has 8 heteroatoms. The van der Waals surface area contributed by atoms with Gasteiger partial charge in [0.2, 0.25) is 5.91 Å². The number of amides is 1. The van der Waals surface area contributed by atoms with Crippen LogP contribution in [0.15, 0.2) is 28.6 Å². The van der Waals surface area contributed by atoms with Crippen molar-refractivity contribution in [3.05, 3.63) is 34.0 Å². The normalized spacial score (nSPS) is 12.1. The van der Waals surface area contributed by atoms with E-state index in [4.69, 9.17) is 12.2 Å². The van der Waals surface area contributed by atoms with E-state index in [1.54, 1.807) is 16.8 Å². The van der Waals surface area contributed by atoms with Crippen LogP contribution in [0.3, 0.4) is 0 Å². The van der Waals surface area contributed by atoms with E-state index in [0.717, 1.165) is 6.42 Å². The van der Waals surface area contributed by atoms with E-state index in [2.05, 4.69) is 10.4 Å². The van der Waals surface area contributed by atoms with Crippen molar-refractivity contribution >= 4 is 41.2 Å². The lowest BCUT2D eigenvalue weighted by Gasteiger charge is -2.10. The average Bonchev–Trinajstić information content (AvgIpc) is 2.87. The first-order valence-electron chi connectivity index (χ1n) is 6.78. The number of nitrogens with one attached hydrogen (secondary N) is 1. The van der Waals surface area contributed by atoms with Gasteiger partial charge in [-0.3, -0.25) is 4.79 Å². The topological polar surface area (TPSA) is 46.9 Å². The summed E-state index contributed by atoms with van der Waals surface area (Å²) >= 11 is 7.95. The van der Waals surface area contributed by atoms with Crippen LogP contribution in [0.2, 0.25) is 0 Å². The first kappa shape index (κ1) is 17.1. The zero-order chi connectivity index (χ0) is 16.1. The molecule has 1 atom stereocenters. The van der Waals surface area contributed by atoms with E-state index in [0.29, 0.717) is 19.7 Å². The Bertz CT molecular complexity index is 696. The number of carbonyl (C=O) groups excluding carboxylic acids is 1. The van der Waals surface area contributed by atoms with Crippen molar-refractivity contribution in [2.24, 2.45) is 0 Å². The molecule has 0 aliphatic carbocycles. The highest BCUT2D eigenvalue weighted by Gasteiger charge is 2.10. The van der Waals surface area contributed by atoms with Gasteiger partial charge in [0.1, 0.15) is 5.82 Å². The fourth-order valence-electron chi connectivity index (χ4n) is 1.61. The van der Waals surface area contributed by atoms with Gasteiger partial charge < -0.3 is 5.32 Å². The molecule has 22 heavy (non-hydrogen) atoms. The fourth-order valence-corrected chi connectivity index (χ4v) is 3.78. The standard InChI is InChI=1S/C14H16FN3OS3/c1-3-9(2)16-12(19)8-21-13-17-18(14(20)22-13)11-6-4-10(15)5-7-11/h4-7,9H,3,8H2,1-2H3,(H,16,19)/t9-/m1/s1. The van der Waals surface area contributed by atoms with E-state index in [1.807, 2.05) is 13.8 Å². The molecule has 1 N–H and O–H groups in total. The molecule has 0 spiro atoms. The van der Waals surface area contributed by atoms with E-state index in [-0.39, 0.29) is 17.8 Å². The second-order valence-corrected chi connectivity index (χ2v) is 7.53. The van der Waals surface area contributed by atoms with Crippen molar-refractivity contribution in [3.63, 3.8) is 0 Å². The largest absolute Gasteiger partial charge is 0.353 e. The first-order valence-corrected chi connectivity index (χ1v) is 8.99. The van der Waals surface area contributed by atoms with E-state index < -0.39 is 0 Å². The maximum atomic E-state index is 12.9. The Labute approximate surface area is 141 Å². The molecule has 0 saturated carbocycles. The molecule has 1 aromatic carbocycles. The zero-order valence-corrected chi connectivity index (χ0v) is 14.7. The molecule has 2 rings (SSSR count). The predicted molar refractivity (Wildman–Crippen MR) is 90.9 cm³/mol. The third-order valence-electron chi connectivity index (χ3n) is 2.95. The average molecular weight is 358 g/mol. The molecule has 0 aliphatic heterocycles. The van der Waals surface area contributed by atoms with Crippen LogP contribution in [0.1, 0.15) is 20.3 Å².